The van der Waals surface area contributed by atoms with Crippen molar-refractivity contribution in [2.75, 3.05) is 13.2 Å². The van der Waals surface area contributed by atoms with E-state index in [9.17, 15) is 4.79 Å². The molecule has 0 aliphatic rings. The molecule has 0 N–H and O–H groups in total. The summed E-state index contributed by atoms with van der Waals surface area (Å²) in [5, 5.41) is 0. The highest BCUT2D eigenvalue weighted by molar-refractivity contribution is 5.81. The van der Waals surface area contributed by atoms with Gasteiger partial charge in [0.05, 0.1) is 13.2 Å². The van der Waals surface area contributed by atoms with E-state index in [1.807, 2.05) is 18.2 Å². The van der Waals surface area contributed by atoms with E-state index in [0.717, 1.165) is 11.8 Å². The molecule has 0 aliphatic carbocycles. The number of hydrogen-bond donors (Lipinski definition) is 0. The van der Waals surface area contributed by atoms with E-state index >= 15 is 0 Å². The molecule has 2 rings (SSSR count). The molecule has 0 bridgehead atoms. The van der Waals surface area contributed by atoms with E-state index in [1.165, 1.54) is 11.1 Å². The first-order chi connectivity index (χ1) is 11.5. The summed E-state index contributed by atoms with van der Waals surface area (Å²) < 4.78 is 10.6. The summed E-state index contributed by atoms with van der Waals surface area (Å²) in [6, 6.07) is 18.6. The monoisotopic (exact) mass is 324 g/mol. The molecule has 0 amide bonds. The van der Waals surface area contributed by atoms with Crippen LogP contribution in [0.15, 0.2) is 67.3 Å². The average Bonchev–Trinajstić information content (AvgIpc) is 2.62. The van der Waals surface area contributed by atoms with Gasteiger partial charge in [-0.25, -0.2) is 4.79 Å². The van der Waals surface area contributed by atoms with Crippen molar-refractivity contribution >= 4 is 5.97 Å². The van der Waals surface area contributed by atoms with Gasteiger partial charge in [0.2, 0.25) is 0 Å². The zero-order chi connectivity index (χ0) is 17.4. The van der Waals surface area contributed by atoms with Gasteiger partial charge < -0.3 is 9.47 Å². The molecule has 0 unspecified atom stereocenters. The van der Waals surface area contributed by atoms with Crippen molar-refractivity contribution in [1.82, 2.24) is 0 Å². The summed E-state index contributed by atoms with van der Waals surface area (Å²) in [6.07, 6.45) is 1.81. The topological polar surface area (TPSA) is 35.5 Å². The van der Waals surface area contributed by atoms with Gasteiger partial charge in [0.15, 0.2) is 0 Å². The molecule has 3 nitrogen and oxygen atoms in total. The van der Waals surface area contributed by atoms with Crippen molar-refractivity contribution in [2.45, 2.75) is 25.7 Å². The molecule has 0 spiro atoms. The van der Waals surface area contributed by atoms with Gasteiger partial charge in [-0.3, -0.25) is 0 Å². The summed E-state index contributed by atoms with van der Waals surface area (Å²) in [4.78, 5) is 10.9. The number of rotatable bonds is 8. The highest BCUT2D eigenvalue weighted by Gasteiger charge is 2.22. The Morgan fingerprint density at radius 1 is 1.00 bits per heavy atom. The molecule has 2 aromatic carbocycles. The van der Waals surface area contributed by atoms with Crippen molar-refractivity contribution in [1.29, 1.82) is 0 Å². The standard InChI is InChI=1S/C21H24O3/c1-4-20(22)24-16-8-15-23-19-13-11-18(12-14-19)21(2,3)17-9-6-5-7-10-17/h4-7,9-14H,1,8,15-16H2,2-3H3. The van der Waals surface area contributed by atoms with Crippen LogP contribution < -0.4 is 4.74 Å². The smallest absolute Gasteiger partial charge is 0.330 e. The van der Waals surface area contributed by atoms with Gasteiger partial charge in [-0.1, -0.05) is 62.9 Å². The molecule has 0 aliphatic heterocycles. The number of esters is 1. The van der Waals surface area contributed by atoms with Crippen LogP contribution in [0.2, 0.25) is 0 Å². The normalized spacial score (nSPS) is 10.9. The van der Waals surface area contributed by atoms with Crippen LogP contribution in [0.5, 0.6) is 5.75 Å². The summed E-state index contributed by atoms with van der Waals surface area (Å²) >= 11 is 0. The fraction of sp³-hybridized carbons (Fsp3) is 0.286. The maximum Gasteiger partial charge on any atom is 0.330 e. The second-order valence-corrected chi connectivity index (χ2v) is 6.09. The van der Waals surface area contributed by atoms with Crippen LogP contribution in [-0.4, -0.2) is 19.2 Å². The summed E-state index contributed by atoms with van der Waals surface area (Å²) in [5.74, 6) is 0.417. The van der Waals surface area contributed by atoms with Gasteiger partial charge in [-0.15, -0.1) is 0 Å². The highest BCUT2D eigenvalue weighted by atomic mass is 16.5. The van der Waals surface area contributed by atoms with Gasteiger partial charge in [-0.05, 0) is 23.3 Å². The lowest BCUT2D eigenvalue weighted by Gasteiger charge is -2.26. The molecule has 0 fully saturated rings. The van der Waals surface area contributed by atoms with Gasteiger partial charge >= 0.3 is 5.97 Å². The first kappa shape index (κ1) is 17.8. The van der Waals surface area contributed by atoms with Crippen LogP contribution in [-0.2, 0) is 14.9 Å². The lowest BCUT2D eigenvalue weighted by molar-refractivity contribution is -0.137. The van der Waals surface area contributed by atoms with E-state index in [2.05, 4.69) is 56.8 Å². The Balaban J connectivity index is 1.89. The maximum atomic E-state index is 10.9. The van der Waals surface area contributed by atoms with Crippen LogP contribution in [0.3, 0.4) is 0 Å². The van der Waals surface area contributed by atoms with Crippen molar-refractivity contribution in [3.8, 4) is 5.75 Å². The van der Waals surface area contributed by atoms with Crippen molar-refractivity contribution in [3.05, 3.63) is 78.4 Å². The Bertz CT molecular complexity index is 657. The van der Waals surface area contributed by atoms with E-state index < -0.39 is 5.97 Å². The predicted molar refractivity (Wildman–Crippen MR) is 96.3 cm³/mol. The third-order valence-corrected chi connectivity index (χ3v) is 4.04. The number of carbonyl (C=O) groups is 1. The van der Waals surface area contributed by atoms with Gasteiger partial charge in [0, 0.05) is 17.9 Å². The fourth-order valence-electron chi connectivity index (χ4n) is 2.47. The third kappa shape index (κ3) is 4.72. The molecule has 126 valence electrons. The second kappa shape index (κ2) is 8.34. The van der Waals surface area contributed by atoms with Gasteiger partial charge in [-0.2, -0.15) is 0 Å². The SMILES string of the molecule is C=CC(=O)OCCCOc1ccc(C(C)(C)c2ccccc2)cc1. The quantitative estimate of drug-likeness (QED) is 0.407. The van der Waals surface area contributed by atoms with Crippen LogP contribution in [0, 0.1) is 0 Å². The lowest BCUT2D eigenvalue weighted by atomic mass is 9.78. The Kier molecular flexibility index (Phi) is 6.19. The highest BCUT2D eigenvalue weighted by Crippen LogP contribution is 2.32. The Hall–Kier alpha value is -2.55. The number of hydrogen-bond acceptors (Lipinski definition) is 3. The van der Waals surface area contributed by atoms with E-state index in [-0.39, 0.29) is 5.41 Å². The first-order valence-electron chi connectivity index (χ1n) is 8.12. The molecule has 0 saturated heterocycles. The fourth-order valence-corrected chi connectivity index (χ4v) is 2.47. The Morgan fingerprint density at radius 3 is 2.25 bits per heavy atom. The first-order valence-corrected chi connectivity index (χ1v) is 8.12. The van der Waals surface area contributed by atoms with Gasteiger partial charge in [0.25, 0.3) is 0 Å². The number of carbonyl (C=O) groups excluding carboxylic acids is 1. The lowest BCUT2D eigenvalue weighted by Crippen LogP contribution is -2.18. The maximum absolute atomic E-state index is 10.9. The number of benzene rings is 2. The third-order valence-electron chi connectivity index (χ3n) is 4.04. The van der Waals surface area contributed by atoms with Crippen molar-refractivity contribution < 1.29 is 14.3 Å². The molecule has 0 radical (unpaired) electrons. The predicted octanol–water partition coefficient (Wildman–Crippen LogP) is 4.51. The van der Waals surface area contributed by atoms with Crippen LogP contribution in [0.4, 0.5) is 0 Å². The molecule has 0 aromatic heterocycles. The number of ether oxygens (including phenoxy) is 2. The van der Waals surface area contributed by atoms with E-state index in [1.54, 1.807) is 0 Å². The minimum Gasteiger partial charge on any atom is -0.493 e. The molecule has 24 heavy (non-hydrogen) atoms. The van der Waals surface area contributed by atoms with Crippen LogP contribution >= 0.6 is 0 Å². The molecular weight excluding hydrogens is 300 g/mol. The average molecular weight is 324 g/mol. The molecule has 2 aromatic rings. The van der Waals surface area contributed by atoms with Crippen molar-refractivity contribution in [2.24, 2.45) is 0 Å². The van der Waals surface area contributed by atoms with Crippen molar-refractivity contribution in [3.63, 3.8) is 0 Å². The Morgan fingerprint density at radius 2 is 1.62 bits per heavy atom. The van der Waals surface area contributed by atoms with Crippen LogP contribution in [0.25, 0.3) is 0 Å². The second-order valence-electron chi connectivity index (χ2n) is 6.09. The molecule has 0 atom stereocenters. The minimum atomic E-state index is -0.400. The Labute approximate surface area is 143 Å². The molecule has 0 saturated carbocycles. The van der Waals surface area contributed by atoms with Crippen LogP contribution in [0.1, 0.15) is 31.4 Å². The summed E-state index contributed by atoms with van der Waals surface area (Å²) in [5.41, 5.74) is 2.46. The van der Waals surface area contributed by atoms with E-state index in [4.69, 9.17) is 9.47 Å². The van der Waals surface area contributed by atoms with Gasteiger partial charge in [0.1, 0.15) is 5.75 Å². The molecule has 3 heteroatoms. The molecule has 0 heterocycles. The minimum absolute atomic E-state index is 0.0569. The summed E-state index contributed by atoms with van der Waals surface area (Å²) in [6.45, 7) is 8.62. The zero-order valence-electron chi connectivity index (χ0n) is 14.3. The molecular formula is C21H24O3. The summed E-state index contributed by atoms with van der Waals surface area (Å²) in [7, 11) is 0. The zero-order valence-corrected chi connectivity index (χ0v) is 14.3. The largest absolute Gasteiger partial charge is 0.493 e. The van der Waals surface area contributed by atoms with E-state index in [0.29, 0.717) is 19.6 Å².